The molecule has 3 aliphatic heterocycles. The first kappa shape index (κ1) is 20.5. The van der Waals surface area contributed by atoms with Gasteiger partial charge in [-0.25, -0.2) is 4.99 Å². The van der Waals surface area contributed by atoms with Crippen LogP contribution in [0.4, 0.5) is 0 Å². The fourth-order valence-electron chi connectivity index (χ4n) is 2.18. The van der Waals surface area contributed by atoms with E-state index in [1.54, 1.807) is 6.92 Å². The van der Waals surface area contributed by atoms with Gasteiger partial charge >= 0.3 is 0 Å². The lowest BCUT2D eigenvalue weighted by atomic mass is 10.3. The number of amidine groups is 2. The minimum absolute atomic E-state index is 0. The molecule has 0 saturated carbocycles. The smallest absolute Gasteiger partial charge is 0.173 e. The van der Waals surface area contributed by atoms with E-state index in [-0.39, 0.29) is 31.4 Å². The maximum Gasteiger partial charge on any atom is 0.173 e. The van der Waals surface area contributed by atoms with Crippen molar-refractivity contribution in [2.75, 3.05) is 45.9 Å². The van der Waals surface area contributed by atoms with E-state index in [1.165, 1.54) is 0 Å². The molecule has 0 amide bonds. The molecule has 21 heavy (non-hydrogen) atoms. The van der Waals surface area contributed by atoms with Gasteiger partial charge in [-0.15, -0.1) is 24.8 Å². The van der Waals surface area contributed by atoms with Gasteiger partial charge in [0.25, 0.3) is 0 Å². The van der Waals surface area contributed by atoms with Crippen molar-refractivity contribution in [1.29, 1.82) is 0 Å². The maximum absolute atomic E-state index is 7.57. The molecule has 0 bridgehead atoms. The number of fused-ring (bicyclic) bond motifs is 1. The molecule has 0 aromatic heterocycles. The summed E-state index contributed by atoms with van der Waals surface area (Å²) in [5, 5.41) is 11.4. The van der Waals surface area contributed by atoms with E-state index >= 15 is 0 Å². The largest absolute Gasteiger partial charge is 0.397 e. The van der Waals surface area contributed by atoms with Crippen molar-refractivity contribution in [1.82, 2.24) is 15.1 Å². The predicted molar refractivity (Wildman–Crippen MR) is 92.1 cm³/mol. The molecule has 3 aliphatic rings. The van der Waals surface area contributed by atoms with Crippen molar-refractivity contribution in [2.45, 2.75) is 6.92 Å². The lowest BCUT2D eigenvalue weighted by Gasteiger charge is -2.33. The number of nitrogens with zero attached hydrogens (tertiary/aromatic N) is 4. The molecule has 0 aliphatic carbocycles. The van der Waals surface area contributed by atoms with Crippen LogP contribution in [0.1, 0.15) is 6.92 Å². The van der Waals surface area contributed by atoms with E-state index in [0.717, 1.165) is 50.9 Å². The Morgan fingerprint density at radius 2 is 1.86 bits per heavy atom. The van der Waals surface area contributed by atoms with Crippen molar-refractivity contribution in [3.05, 3.63) is 11.4 Å². The minimum Gasteiger partial charge on any atom is -0.397 e. The quantitative estimate of drug-likeness (QED) is 0.632. The third-order valence-electron chi connectivity index (χ3n) is 2.97. The first-order chi connectivity index (χ1) is 9.26. The number of nitrogens with one attached hydrogen (secondary N) is 1. The Morgan fingerprint density at radius 1 is 1.24 bits per heavy atom. The Hall–Kier alpha value is -0.530. The summed E-state index contributed by atoms with van der Waals surface area (Å²) in [6, 6.07) is 0. The van der Waals surface area contributed by atoms with Gasteiger partial charge in [-0.05, 0) is 6.92 Å². The Labute approximate surface area is 142 Å². The summed E-state index contributed by atoms with van der Waals surface area (Å²) in [6.45, 7) is 7.60. The monoisotopic (exact) mass is 357 g/mol. The normalized spacial score (nSPS) is 19.9. The van der Waals surface area contributed by atoms with E-state index in [1.807, 2.05) is 6.20 Å². The highest BCUT2D eigenvalue weighted by molar-refractivity contribution is 6.43. The van der Waals surface area contributed by atoms with Gasteiger partial charge in [0.2, 0.25) is 0 Å². The van der Waals surface area contributed by atoms with Gasteiger partial charge in [-0.2, -0.15) is 0 Å². The Balaban J connectivity index is 0.000000742. The van der Waals surface area contributed by atoms with Gasteiger partial charge in [-0.3, -0.25) is 4.99 Å². The van der Waals surface area contributed by atoms with Crippen LogP contribution in [0.5, 0.6) is 0 Å². The third kappa shape index (κ3) is 5.30. The minimum atomic E-state index is 0. The molecule has 3 heterocycles. The first-order valence-electron chi connectivity index (χ1n) is 6.60. The molecular weight excluding hydrogens is 337 g/mol. The second kappa shape index (κ2) is 10.2. The average molecular weight is 359 g/mol. The lowest BCUT2D eigenvalue weighted by molar-refractivity contribution is 0.318. The third-order valence-corrected chi connectivity index (χ3v) is 3.15. The van der Waals surface area contributed by atoms with Crippen molar-refractivity contribution >= 4 is 48.1 Å². The van der Waals surface area contributed by atoms with Crippen LogP contribution in [0.15, 0.2) is 21.3 Å². The summed E-state index contributed by atoms with van der Waals surface area (Å²) >= 11 is 6.03. The zero-order chi connectivity index (χ0) is 13.7. The molecule has 0 aromatic carbocycles. The van der Waals surface area contributed by atoms with Crippen molar-refractivity contribution < 1.29 is 5.11 Å². The van der Waals surface area contributed by atoms with E-state index in [4.69, 9.17) is 16.7 Å². The Bertz CT molecular complexity index is 408. The van der Waals surface area contributed by atoms with Crippen LogP contribution in [-0.2, 0) is 0 Å². The van der Waals surface area contributed by atoms with Crippen LogP contribution in [0.25, 0.3) is 0 Å². The molecule has 0 unspecified atom stereocenters. The standard InChI is InChI=1S/C10H14ClN5.C2H6O.2ClH/c11-8-7-16-6-3-13-9(16)10(14-8)15-4-1-12-2-5-15;1-2-3;;/h7,12H,1-6H2;3H,2H2,1H3;2*1H. The van der Waals surface area contributed by atoms with Gasteiger partial charge in [0, 0.05) is 45.5 Å². The number of aliphatic hydroxyl groups is 1. The molecule has 2 N–H and O–H groups in total. The summed E-state index contributed by atoms with van der Waals surface area (Å²) in [5.41, 5.74) is 0. The first-order valence-corrected chi connectivity index (χ1v) is 6.98. The number of halogens is 3. The predicted octanol–water partition coefficient (Wildman–Crippen LogP) is 0.898. The van der Waals surface area contributed by atoms with E-state index in [0.29, 0.717) is 5.16 Å². The van der Waals surface area contributed by atoms with Gasteiger partial charge in [0.05, 0.1) is 6.54 Å². The highest BCUT2D eigenvalue weighted by Crippen LogP contribution is 2.18. The summed E-state index contributed by atoms with van der Waals surface area (Å²) in [7, 11) is 0. The average Bonchev–Trinajstić information content (AvgIpc) is 2.87. The summed E-state index contributed by atoms with van der Waals surface area (Å²) in [4.78, 5) is 13.3. The topological polar surface area (TPSA) is 63.5 Å². The Morgan fingerprint density at radius 3 is 2.48 bits per heavy atom. The Kier molecular flexibility index (Phi) is 9.98. The SMILES string of the molecule is CCO.Cl.Cl.ClC1=CN2CCN=C2C(N2CCNCC2)=N1. The number of hydrogen-bond donors (Lipinski definition) is 2. The summed E-state index contributed by atoms with van der Waals surface area (Å²) in [5.74, 6) is 1.91. The molecular formula is C12H22Cl3N5O. The highest BCUT2D eigenvalue weighted by Gasteiger charge is 2.29. The van der Waals surface area contributed by atoms with Crippen LogP contribution < -0.4 is 5.32 Å². The van der Waals surface area contributed by atoms with E-state index in [9.17, 15) is 0 Å². The fourth-order valence-corrected chi connectivity index (χ4v) is 2.38. The summed E-state index contributed by atoms with van der Waals surface area (Å²) in [6.07, 6.45) is 1.86. The highest BCUT2D eigenvalue weighted by atomic mass is 35.5. The van der Waals surface area contributed by atoms with E-state index in [2.05, 4.69) is 25.1 Å². The van der Waals surface area contributed by atoms with Crippen molar-refractivity contribution in [3.8, 4) is 0 Å². The van der Waals surface area contributed by atoms with Gasteiger partial charge < -0.3 is 20.2 Å². The second-order valence-corrected chi connectivity index (χ2v) is 4.73. The van der Waals surface area contributed by atoms with Gasteiger partial charge in [-0.1, -0.05) is 11.6 Å². The molecule has 1 saturated heterocycles. The molecule has 6 nitrogen and oxygen atoms in total. The zero-order valence-corrected chi connectivity index (χ0v) is 14.3. The number of aliphatic imine (C=N–C) groups is 2. The molecule has 122 valence electrons. The van der Waals surface area contributed by atoms with Crippen LogP contribution in [-0.4, -0.2) is 72.5 Å². The maximum atomic E-state index is 7.57. The molecule has 3 rings (SSSR count). The van der Waals surface area contributed by atoms with Gasteiger partial charge in [0.1, 0.15) is 5.16 Å². The molecule has 0 aromatic rings. The molecule has 1 fully saturated rings. The number of hydrogen-bond acceptors (Lipinski definition) is 6. The molecule has 0 radical (unpaired) electrons. The van der Waals surface area contributed by atoms with E-state index < -0.39 is 0 Å². The van der Waals surface area contributed by atoms with Crippen LogP contribution in [0.2, 0.25) is 0 Å². The molecule has 0 spiro atoms. The van der Waals surface area contributed by atoms with Crippen LogP contribution >= 0.6 is 36.4 Å². The van der Waals surface area contributed by atoms with Crippen LogP contribution in [0.3, 0.4) is 0 Å². The number of aliphatic hydroxyl groups excluding tert-OH is 1. The lowest BCUT2D eigenvalue weighted by Crippen LogP contribution is -2.51. The number of rotatable bonds is 0. The van der Waals surface area contributed by atoms with Crippen molar-refractivity contribution in [3.63, 3.8) is 0 Å². The fraction of sp³-hybridized carbons (Fsp3) is 0.667. The van der Waals surface area contributed by atoms with Gasteiger partial charge in [0.15, 0.2) is 11.7 Å². The number of piperazine rings is 1. The second-order valence-electron chi connectivity index (χ2n) is 4.34. The summed E-state index contributed by atoms with van der Waals surface area (Å²) < 4.78 is 0. The molecule has 0 atom stereocenters. The van der Waals surface area contributed by atoms with Crippen LogP contribution in [0, 0.1) is 0 Å². The molecule has 9 heteroatoms. The van der Waals surface area contributed by atoms with Crippen molar-refractivity contribution in [2.24, 2.45) is 9.98 Å². The zero-order valence-electron chi connectivity index (χ0n) is 12.0.